The van der Waals surface area contributed by atoms with Gasteiger partial charge in [-0.15, -0.1) is 0 Å². The normalized spacial score (nSPS) is 10.1. The lowest BCUT2D eigenvalue weighted by molar-refractivity contribution is -0.126. The first kappa shape index (κ1) is 21.5. The molecule has 0 aliphatic carbocycles. The van der Waals surface area contributed by atoms with E-state index in [2.05, 4.69) is 26.6 Å². The molecule has 0 saturated carbocycles. The maximum atomic E-state index is 12.1. The van der Waals surface area contributed by atoms with Gasteiger partial charge in [0.25, 0.3) is 5.91 Å². The summed E-state index contributed by atoms with van der Waals surface area (Å²) in [6.07, 6.45) is 0. The second-order valence-corrected chi connectivity index (χ2v) is 6.72. The van der Waals surface area contributed by atoms with Crippen molar-refractivity contribution in [3.05, 3.63) is 51.5 Å². The number of benzene rings is 2. The van der Waals surface area contributed by atoms with Gasteiger partial charge < -0.3 is 25.8 Å². The predicted octanol–water partition coefficient (Wildman–Crippen LogP) is 2.61. The minimum Gasteiger partial charge on any atom is -0.496 e. The molecule has 0 heterocycles. The molecular formula is C18H17BrClN3O5. The Bertz CT molecular complexity index is 907. The fourth-order valence-corrected chi connectivity index (χ4v) is 2.64. The number of halogens is 2. The Labute approximate surface area is 174 Å². The van der Waals surface area contributed by atoms with Crippen LogP contribution >= 0.6 is 27.5 Å². The van der Waals surface area contributed by atoms with E-state index in [4.69, 9.17) is 26.8 Å². The van der Waals surface area contributed by atoms with Crippen LogP contribution in [0.4, 0.5) is 11.4 Å². The van der Waals surface area contributed by atoms with E-state index >= 15 is 0 Å². The number of nitrogens with one attached hydrogen (secondary N) is 2. The van der Waals surface area contributed by atoms with Gasteiger partial charge in [0.1, 0.15) is 11.3 Å². The third-order valence-electron chi connectivity index (χ3n) is 3.47. The molecule has 28 heavy (non-hydrogen) atoms. The van der Waals surface area contributed by atoms with Crippen molar-refractivity contribution in [2.45, 2.75) is 0 Å². The Morgan fingerprint density at radius 1 is 1.18 bits per heavy atom. The monoisotopic (exact) mass is 469 g/mol. The molecule has 0 aliphatic heterocycles. The first-order valence-corrected chi connectivity index (χ1v) is 9.10. The Morgan fingerprint density at radius 3 is 2.57 bits per heavy atom. The number of carbonyl (C=O) groups excluding carboxylic acids is 3. The highest BCUT2D eigenvalue weighted by molar-refractivity contribution is 9.10. The van der Waals surface area contributed by atoms with Crippen LogP contribution in [-0.2, 0) is 14.3 Å². The van der Waals surface area contributed by atoms with Gasteiger partial charge in [-0.2, -0.15) is 0 Å². The molecule has 4 N–H and O–H groups in total. The Morgan fingerprint density at radius 2 is 1.89 bits per heavy atom. The molecule has 10 heteroatoms. The molecule has 0 radical (unpaired) electrons. The number of hydrogen-bond donors (Lipinski definition) is 3. The van der Waals surface area contributed by atoms with Crippen molar-refractivity contribution in [2.75, 3.05) is 31.3 Å². The van der Waals surface area contributed by atoms with Crippen LogP contribution in [0.1, 0.15) is 10.4 Å². The number of anilines is 2. The third-order valence-corrected chi connectivity index (χ3v) is 4.49. The van der Waals surface area contributed by atoms with Crippen LogP contribution < -0.4 is 21.1 Å². The summed E-state index contributed by atoms with van der Waals surface area (Å²) in [6.45, 7) is -0.860. The van der Waals surface area contributed by atoms with Gasteiger partial charge in [0, 0.05) is 10.5 Å². The van der Waals surface area contributed by atoms with Crippen LogP contribution in [0.2, 0.25) is 5.02 Å². The van der Waals surface area contributed by atoms with E-state index < -0.39 is 24.4 Å². The van der Waals surface area contributed by atoms with E-state index in [0.29, 0.717) is 10.2 Å². The zero-order chi connectivity index (χ0) is 20.7. The van der Waals surface area contributed by atoms with E-state index in [1.54, 1.807) is 24.3 Å². The topological polar surface area (TPSA) is 120 Å². The Hall–Kier alpha value is -2.78. The third kappa shape index (κ3) is 5.86. The standard InChI is InChI=1S/C18H17BrClN3O5/c1-27-15-7-13(21)12(20)6-10(15)18(26)28-9-17(25)22-8-16(24)23-14-5-3-2-4-11(14)19/h2-7H,8-9,21H2,1H3,(H,22,25)(H,23,24). The summed E-state index contributed by atoms with van der Waals surface area (Å²) in [5, 5.41) is 5.14. The first-order chi connectivity index (χ1) is 13.3. The van der Waals surface area contributed by atoms with Crippen LogP contribution in [0, 0.1) is 0 Å². The van der Waals surface area contributed by atoms with E-state index in [1.165, 1.54) is 19.2 Å². The van der Waals surface area contributed by atoms with Gasteiger partial charge in [0.15, 0.2) is 6.61 Å². The fourth-order valence-electron chi connectivity index (χ4n) is 2.09. The molecule has 2 rings (SSSR count). The lowest BCUT2D eigenvalue weighted by Gasteiger charge is -2.11. The number of methoxy groups -OCH3 is 1. The molecule has 0 aliphatic rings. The van der Waals surface area contributed by atoms with Crippen LogP contribution in [0.15, 0.2) is 40.9 Å². The van der Waals surface area contributed by atoms with Crippen LogP contribution in [0.3, 0.4) is 0 Å². The van der Waals surface area contributed by atoms with Gasteiger partial charge in [-0.3, -0.25) is 9.59 Å². The number of para-hydroxylation sites is 1. The molecule has 0 aromatic heterocycles. The molecule has 148 valence electrons. The van der Waals surface area contributed by atoms with Crippen LogP contribution in [0.25, 0.3) is 0 Å². The molecule has 0 saturated heterocycles. The fraction of sp³-hybridized carbons (Fsp3) is 0.167. The number of carbonyl (C=O) groups is 3. The molecular weight excluding hydrogens is 454 g/mol. The second-order valence-electron chi connectivity index (χ2n) is 5.45. The van der Waals surface area contributed by atoms with E-state index in [-0.39, 0.29) is 28.6 Å². The SMILES string of the molecule is COc1cc(N)c(Cl)cc1C(=O)OCC(=O)NCC(=O)Nc1ccccc1Br. The summed E-state index contributed by atoms with van der Waals surface area (Å²) < 4.78 is 10.7. The summed E-state index contributed by atoms with van der Waals surface area (Å²) in [4.78, 5) is 35.9. The number of nitrogen functional groups attached to an aromatic ring is 1. The van der Waals surface area contributed by atoms with Crippen molar-refractivity contribution < 1.29 is 23.9 Å². The Kier molecular flexibility index (Phi) is 7.65. The highest BCUT2D eigenvalue weighted by atomic mass is 79.9. The number of ether oxygens (including phenoxy) is 2. The molecule has 8 nitrogen and oxygen atoms in total. The average Bonchev–Trinajstić information content (AvgIpc) is 2.68. The number of amides is 2. The van der Waals surface area contributed by atoms with Gasteiger partial charge in [-0.25, -0.2) is 4.79 Å². The highest BCUT2D eigenvalue weighted by Crippen LogP contribution is 2.29. The van der Waals surface area contributed by atoms with E-state index in [0.717, 1.165) is 0 Å². The van der Waals surface area contributed by atoms with Gasteiger partial charge in [0.2, 0.25) is 5.91 Å². The molecule has 0 atom stereocenters. The molecule has 0 bridgehead atoms. The van der Waals surface area contributed by atoms with E-state index in [9.17, 15) is 14.4 Å². The van der Waals surface area contributed by atoms with Gasteiger partial charge in [-0.05, 0) is 34.1 Å². The average molecular weight is 471 g/mol. The maximum absolute atomic E-state index is 12.1. The summed E-state index contributed by atoms with van der Waals surface area (Å²) in [5.41, 5.74) is 6.49. The molecule has 2 aromatic rings. The minimum absolute atomic E-state index is 0.0289. The Balaban J connectivity index is 1.84. The molecule has 0 unspecified atom stereocenters. The molecule has 2 aromatic carbocycles. The number of rotatable bonds is 7. The summed E-state index contributed by atoms with van der Waals surface area (Å²) >= 11 is 9.20. The van der Waals surface area contributed by atoms with Crippen LogP contribution in [0.5, 0.6) is 5.75 Å². The van der Waals surface area contributed by atoms with Crippen molar-refractivity contribution in [3.8, 4) is 5.75 Å². The first-order valence-electron chi connectivity index (χ1n) is 7.93. The number of hydrogen-bond acceptors (Lipinski definition) is 6. The second kappa shape index (κ2) is 9.95. The van der Waals surface area contributed by atoms with Crippen molar-refractivity contribution in [1.82, 2.24) is 5.32 Å². The summed E-state index contributed by atoms with van der Waals surface area (Å²) in [7, 11) is 1.36. The smallest absolute Gasteiger partial charge is 0.342 e. The van der Waals surface area contributed by atoms with Gasteiger partial charge in [0.05, 0.1) is 30.1 Å². The minimum atomic E-state index is -0.813. The highest BCUT2D eigenvalue weighted by Gasteiger charge is 2.18. The van der Waals surface area contributed by atoms with Gasteiger partial charge >= 0.3 is 5.97 Å². The maximum Gasteiger partial charge on any atom is 0.342 e. The number of nitrogens with two attached hydrogens (primary N) is 1. The van der Waals surface area contributed by atoms with E-state index in [1.807, 2.05) is 0 Å². The van der Waals surface area contributed by atoms with Gasteiger partial charge in [-0.1, -0.05) is 23.7 Å². The van der Waals surface area contributed by atoms with Crippen molar-refractivity contribution in [1.29, 1.82) is 0 Å². The largest absolute Gasteiger partial charge is 0.496 e. The predicted molar refractivity (Wildman–Crippen MR) is 108 cm³/mol. The molecule has 0 fully saturated rings. The molecule has 2 amide bonds. The zero-order valence-electron chi connectivity index (χ0n) is 14.8. The number of esters is 1. The molecule has 0 spiro atoms. The van der Waals surface area contributed by atoms with Crippen molar-refractivity contribution in [2.24, 2.45) is 0 Å². The summed E-state index contributed by atoms with van der Waals surface area (Å²) in [6, 6.07) is 9.71. The summed E-state index contributed by atoms with van der Waals surface area (Å²) in [5.74, 6) is -1.72. The van der Waals surface area contributed by atoms with Crippen molar-refractivity contribution in [3.63, 3.8) is 0 Å². The quantitative estimate of drug-likeness (QED) is 0.423. The van der Waals surface area contributed by atoms with Crippen LogP contribution in [-0.4, -0.2) is 38.0 Å². The zero-order valence-corrected chi connectivity index (χ0v) is 17.1. The van der Waals surface area contributed by atoms with Crippen molar-refractivity contribution >= 4 is 56.7 Å². The lowest BCUT2D eigenvalue weighted by atomic mass is 10.2. The lowest BCUT2D eigenvalue weighted by Crippen LogP contribution is -2.35.